The summed E-state index contributed by atoms with van der Waals surface area (Å²) in [6, 6.07) is 10.2. The number of likely N-dealkylation sites (tertiary alicyclic amines) is 1. The fourth-order valence-electron chi connectivity index (χ4n) is 3.07. The van der Waals surface area contributed by atoms with Crippen molar-refractivity contribution in [3.8, 4) is 0 Å². The Morgan fingerprint density at radius 2 is 2.14 bits per heavy atom. The molecular formula is C17H26N2O2. The van der Waals surface area contributed by atoms with Gasteiger partial charge in [0, 0.05) is 19.0 Å². The monoisotopic (exact) mass is 290 g/mol. The number of rotatable bonds is 5. The smallest absolute Gasteiger partial charge is 0.317 e. The summed E-state index contributed by atoms with van der Waals surface area (Å²) in [5.74, 6) is 0.708. The predicted molar refractivity (Wildman–Crippen MR) is 84.2 cm³/mol. The molecule has 1 saturated heterocycles. The molecule has 1 fully saturated rings. The van der Waals surface area contributed by atoms with Crippen LogP contribution in [0.4, 0.5) is 4.79 Å². The molecule has 0 saturated carbocycles. The van der Waals surface area contributed by atoms with Crippen LogP contribution in [0.25, 0.3) is 0 Å². The van der Waals surface area contributed by atoms with Crippen LogP contribution in [0.5, 0.6) is 0 Å². The molecule has 2 amide bonds. The van der Waals surface area contributed by atoms with Crippen molar-refractivity contribution in [2.24, 2.45) is 5.92 Å². The molecule has 0 bridgehead atoms. The highest BCUT2D eigenvalue weighted by Crippen LogP contribution is 2.24. The summed E-state index contributed by atoms with van der Waals surface area (Å²) < 4.78 is 0. The zero-order chi connectivity index (χ0) is 15.2. The van der Waals surface area contributed by atoms with Crippen LogP contribution < -0.4 is 5.32 Å². The number of benzene rings is 1. The van der Waals surface area contributed by atoms with Gasteiger partial charge in [0.15, 0.2) is 0 Å². The lowest BCUT2D eigenvalue weighted by Crippen LogP contribution is -2.46. The number of amides is 2. The number of nitrogens with one attached hydrogen (secondary N) is 1. The van der Waals surface area contributed by atoms with Crippen LogP contribution in [0.15, 0.2) is 30.3 Å². The summed E-state index contributed by atoms with van der Waals surface area (Å²) in [5.41, 5.74) is 1.26. The van der Waals surface area contributed by atoms with Crippen LogP contribution in [0.1, 0.15) is 38.2 Å². The van der Waals surface area contributed by atoms with Gasteiger partial charge in [-0.1, -0.05) is 44.2 Å². The minimum Gasteiger partial charge on any atom is -0.394 e. The second-order valence-electron chi connectivity index (χ2n) is 5.91. The van der Waals surface area contributed by atoms with E-state index in [2.05, 4.69) is 31.3 Å². The van der Waals surface area contributed by atoms with Gasteiger partial charge in [-0.3, -0.25) is 0 Å². The Morgan fingerprint density at radius 3 is 2.76 bits per heavy atom. The summed E-state index contributed by atoms with van der Waals surface area (Å²) in [7, 11) is 0. The molecule has 1 heterocycles. The number of hydrogen-bond acceptors (Lipinski definition) is 2. The first-order valence-electron chi connectivity index (χ1n) is 7.87. The topological polar surface area (TPSA) is 52.6 Å². The van der Waals surface area contributed by atoms with Crippen molar-refractivity contribution in [2.75, 3.05) is 19.7 Å². The quantitative estimate of drug-likeness (QED) is 0.876. The summed E-state index contributed by atoms with van der Waals surface area (Å²) in [6.45, 7) is 5.65. The van der Waals surface area contributed by atoms with E-state index >= 15 is 0 Å². The van der Waals surface area contributed by atoms with Gasteiger partial charge >= 0.3 is 6.03 Å². The number of nitrogens with zero attached hydrogens (tertiary/aromatic N) is 1. The van der Waals surface area contributed by atoms with Crippen molar-refractivity contribution >= 4 is 6.03 Å². The van der Waals surface area contributed by atoms with E-state index in [-0.39, 0.29) is 18.7 Å². The second kappa shape index (κ2) is 7.46. The van der Waals surface area contributed by atoms with E-state index in [4.69, 9.17) is 0 Å². The van der Waals surface area contributed by atoms with Crippen LogP contribution in [-0.2, 0) is 0 Å². The average molecular weight is 290 g/mol. The van der Waals surface area contributed by atoms with Gasteiger partial charge in [-0.15, -0.1) is 0 Å². The van der Waals surface area contributed by atoms with Gasteiger partial charge in [-0.05, 0) is 24.3 Å². The third kappa shape index (κ3) is 3.76. The highest BCUT2D eigenvalue weighted by atomic mass is 16.3. The Morgan fingerprint density at radius 1 is 1.43 bits per heavy atom. The summed E-state index contributed by atoms with van der Waals surface area (Å²) >= 11 is 0. The largest absolute Gasteiger partial charge is 0.394 e. The number of carbonyl (C=O) groups excluding carboxylic acids is 1. The molecular weight excluding hydrogens is 264 g/mol. The molecule has 3 unspecified atom stereocenters. The second-order valence-corrected chi connectivity index (χ2v) is 5.91. The standard InChI is InChI=1S/C17H26N2O2/c1-3-14(15-7-5-4-6-8-15)11-18-17(21)19-10-9-13(2)16(19)12-20/h4-8,13-14,16,20H,3,9-12H2,1-2H3,(H,18,21). The van der Waals surface area contributed by atoms with Gasteiger partial charge in [0.05, 0.1) is 12.6 Å². The molecule has 0 spiro atoms. The van der Waals surface area contributed by atoms with E-state index < -0.39 is 0 Å². The highest BCUT2D eigenvalue weighted by molar-refractivity contribution is 5.75. The fraction of sp³-hybridized carbons (Fsp3) is 0.588. The SMILES string of the molecule is CCC(CNC(=O)N1CCC(C)C1CO)c1ccccc1. The molecule has 1 aliphatic heterocycles. The molecule has 1 aromatic carbocycles. The Labute approximate surface area is 127 Å². The first kappa shape index (κ1) is 15.8. The fourth-order valence-corrected chi connectivity index (χ4v) is 3.07. The van der Waals surface area contributed by atoms with Crippen LogP contribution in [0.2, 0.25) is 0 Å². The summed E-state index contributed by atoms with van der Waals surface area (Å²) in [5, 5.41) is 12.5. The molecule has 4 heteroatoms. The molecule has 1 aliphatic rings. The molecule has 4 nitrogen and oxygen atoms in total. The highest BCUT2D eigenvalue weighted by Gasteiger charge is 2.33. The van der Waals surface area contributed by atoms with Crippen molar-refractivity contribution in [3.63, 3.8) is 0 Å². The number of carbonyl (C=O) groups is 1. The summed E-state index contributed by atoms with van der Waals surface area (Å²) in [6.07, 6.45) is 1.96. The maximum absolute atomic E-state index is 12.3. The minimum absolute atomic E-state index is 0.0400. The van der Waals surface area contributed by atoms with Crippen LogP contribution in [0, 0.1) is 5.92 Å². The molecule has 0 aliphatic carbocycles. The Balaban J connectivity index is 1.91. The number of hydrogen-bond donors (Lipinski definition) is 2. The van der Waals surface area contributed by atoms with Crippen LogP contribution in [0.3, 0.4) is 0 Å². The van der Waals surface area contributed by atoms with Crippen molar-refractivity contribution in [1.29, 1.82) is 0 Å². The van der Waals surface area contributed by atoms with E-state index in [1.165, 1.54) is 5.56 Å². The lowest BCUT2D eigenvalue weighted by molar-refractivity contribution is 0.143. The van der Waals surface area contributed by atoms with Gasteiger partial charge in [0.25, 0.3) is 0 Å². The van der Waals surface area contributed by atoms with Gasteiger partial charge in [0.2, 0.25) is 0 Å². The molecule has 0 radical (unpaired) electrons. The van der Waals surface area contributed by atoms with Crippen molar-refractivity contribution in [1.82, 2.24) is 10.2 Å². The Hall–Kier alpha value is -1.55. The van der Waals surface area contributed by atoms with Crippen molar-refractivity contribution in [2.45, 2.75) is 38.6 Å². The average Bonchev–Trinajstić information content (AvgIpc) is 2.89. The van der Waals surface area contributed by atoms with E-state index in [0.717, 1.165) is 19.4 Å². The van der Waals surface area contributed by atoms with Gasteiger partial charge in [-0.2, -0.15) is 0 Å². The van der Waals surface area contributed by atoms with Crippen LogP contribution >= 0.6 is 0 Å². The normalized spacial score (nSPS) is 23.1. The van der Waals surface area contributed by atoms with Gasteiger partial charge in [-0.25, -0.2) is 4.79 Å². The van der Waals surface area contributed by atoms with E-state index in [1.807, 2.05) is 18.2 Å². The predicted octanol–water partition coefficient (Wildman–Crippen LogP) is 2.59. The Kier molecular flexibility index (Phi) is 5.62. The van der Waals surface area contributed by atoms with E-state index in [9.17, 15) is 9.90 Å². The molecule has 2 N–H and O–H groups in total. The number of aliphatic hydroxyl groups excluding tert-OH is 1. The lowest BCUT2D eigenvalue weighted by Gasteiger charge is -2.26. The van der Waals surface area contributed by atoms with Gasteiger partial charge < -0.3 is 15.3 Å². The van der Waals surface area contributed by atoms with Crippen molar-refractivity contribution in [3.05, 3.63) is 35.9 Å². The molecule has 1 aromatic rings. The first-order chi connectivity index (χ1) is 10.2. The Bertz CT molecular complexity index is 449. The van der Waals surface area contributed by atoms with Gasteiger partial charge in [0.1, 0.15) is 0 Å². The molecule has 116 valence electrons. The lowest BCUT2D eigenvalue weighted by atomic mass is 9.96. The molecule has 21 heavy (non-hydrogen) atoms. The van der Waals surface area contributed by atoms with Crippen molar-refractivity contribution < 1.29 is 9.90 Å². The maximum atomic E-state index is 12.3. The molecule has 3 atom stereocenters. The third-order valence-electron chi connectivity index (χ3n) is 4.59. The van der Waals surface area contributed by atoms with E-state index in [0.29, 0.717) is 18.4 Å². The zero-order valence-electron chi connectivity index (χ0n) is 13.0. The summed E-state index contributed by atoms with van der Waals surface area (Å²) in [4.78, 5) is 14.1. The molecule has 0 aromatic heterocycles. The zero-order valence-corrected chi connectivity index (χ0v) is 13.0. The molecule has 2 rings (SSSR count). The van der Waals surface area contributed by atoms with Crippen LogP contribution in [-0.4, -0.2) is 41.8 Å². The minimum atomic E-state index is -0.0484. The first-order valence-corrected chi connectivity index (χ1v) is 7.87. The third-order valence-corrected chi connectivity index (χ3v) is 4.59. The number of aliphatic hydroxyl groups is 1. The van der Waals surface area contributed by atoms with E-state index in [1.54, 1.807) is 4.90 Å². The number of urea groups is 1. The maximum Gasteiger partial charge on any atom is 0.317 e.